The van der Waals surface area contributed by atoms with Gasteiger partial charge in [0.1, 0.15) is 29.5 Å². The molecule has 0 saturated heterocycles. The van der Waals surface area contributed by atoms with Crippen LogP contribution in [0.1, 0.15) is 20.8 Å². The number of carbonyl (C=O) groups is 3. The molecular formula is C15H26O10. The standard InChI is InChI=1S/C15H26O10/c1-13(4-16,5-17)11(22)24-8-15(3,10(20)21)9-25-12(23)14(2,6-18)7-19/h16-19H,4-9H2,1-3H3,(H,20,21). The normalized spacial score (nSPS) is 12.6. The second-order valence-electron chi connectivity index (χ2n) is 6.77. The lowest BCUT2D eigenvalue weighted by Gasteiger charge is -2.29. The van der Waals surface area contributed by atoms with Gasteiger partial charge in [-0.1, -0.05) is 0 Å². The van der Waals surface area contributed by atoms with E-state index in [0.29, 0.717) is 0 Å². The van der Waals surface area contributed by atoms with E-state index in [-0.39, 0.29) is 0 Å². The van der Waals surface area contributed by atoms with Gasteiger partial charge in [0.05, 0.1) is 26.4 Å². The first-order valence-electron chi connectivity index (χ1n) is 7.46. The summed E-state index contributed by atoms with van der Waals surface area (Å²) in [5.74, 6) is -3.43. The molecule has 10 heteroatoms. The molecule has 0 aromatic rings. The minimum atomic E-state index is -1.80. The molecule has 0 aromatic carbocycles. The first-order valence-corrected chi connectivity index (χ1v) is 7.46. The molecule has 0 aliphatic carbocycles. The van der Waals surface area contributed by atoms with Crippen LogP contribution in [0.3, 0.4) is 0 Å². The first-order chi connectivity index (χ1) is 11.4. The number of hydrogen-bond acceptors (Lipinski definition) is 9. The lowest BCUT2D eigenvalue weighted by molar-refractivity contribution is -0.176. The summed E-state index contributed by atoms with van der Waals surface area (Å²) in [5.41, 5.74) is -4.99. The average molecular weight is 366 g/mol. The second kappa shape index (κ2) is 9.09. The molecule has 25 heavy (non-hydrogen) atoms. The highest BCUT2D eigenvalue weighted by Crippen LogP contribution is 2.24. The van der Waals surface area contributed by atoms with E-state index in [1.54, 1.807) is 0 Å². The molecule has 0 unspecified atom stereocenters. The minimum absolute atomic E-state index is 0.682. The summed E-state index contributed by atoms with van der Waals surface area (Å²) in [6.07, 6.45) is 0. The van der Waals surface area contributed by atoms with Crippen LogP contribution in [0.2, 0.25) is 0 Å². The lowest BCUT2D eigenvalue weighted by atomic mass is 9.90. The van der Waals surface area contributed by atoms with Gasteiger partial charge in [0.15, 0.2) is 0 Å². The predicted molar refractivity (Wildman–Crippen MR) is 82.2 cm³/mol. The molecule has 0 spiro atoms. The Morgan fingerprint density at radius 3 is 1.16 bits per heavy atom. The van der Waals surface area contributed by atoms with Crippen molar-refractivity contribution in [2.45, 2.75) is 20.8 Å². The maximum absolute atomic E-state index is 11.9. The van der Waals surface area contributed by atoms with Gasteiger partial charge in [-0.3, -0.25) is 14.4 Å². The van der Waals surface area contributed by atoms with Crippen LogP contribution in [-0.4, -0.2) is 83.1 Å². The third kappa shape index (κ3) is 5.63. The number of aliphatic hydroxyl groups is 4. The van der Waals surface area contributed by atoms with Gasteiger partial charge in [-0.2, -0.15) is 0 Å². The molecule has 0 heterocycles. The third-order valence-corrected chi connectivity index (χ3v) is 3.94. The van der Waals surface area contributed by atoms with E-state index >= 15 is 0 Å². The lowest BCUT2D eigenvalue weighted by Crippen LogP contribution is -2.45. The van der Waals surface area contributed by atoms with Gasteiger partial charge in [-0.15, -0.1) is 0 Å². The third-order valence-electron chi connectivity index (χ3n) is 3.94. The van der Waals surface area contributed by atoms with E-state index in [4.69, 9.17) is 29.9 Å². The van der Waals surface area contributed by atoms with Gasteiger partial charge in [0.2, 0.25) is 0 Å². The van der Waals surface area contributed by atoms with Crippen molar-refractivity contribution in [3.63, 3.8) is 0 Å². The number of carboxylic acid groups (broad SMARTS) is 1. The fourth-order valence-electron chi connectivity index (χ4n) is 1.32. The highest BCUT2D eigenvalue weighted by atomic mass is 16.6. The molecule has 0 bridgehead atoms. The van der Waals surface area contributed by atoms with Crippen molar-refractivity contribution in [2.75, 3.05) is 39.6 Å². The molecule has 0 rings (SSSR count). The van der Waals surface area contributed by atoms with Gasteiger partial charge in [-0.25, -0.2) is 0 Å². The Hall–Kier alpha value is -1.75. The van der Waals surface area contributed by atoms with Crippen LogP contribution in [0.5, 0.6) is 0 Å². The van der Waals surface area contributed by atoms with Crippen LogP contribution in [0.4, 0.5) is 0 Å². The summed E-state index contributed by atoms with van der Waals surface area (Å²) in [6, 6.07) is 0. The molecule has 146 valence electrons. The van der Waals surface area contributed by atoms with E-state index in [9.17, 15) is 19.5 Å². The number of aliphatic hydroxyl groups excluding tert-OH is 4. The molecule has 0 radical (unpaired) electrons. The number of hydrogen-bond donors (Lipinski definition) is 5. The molecule has 0 aromatic heterocycles. The molecule has 0 fully saturated rings. The molecule has 5 N–H and O–H groups in total. The quantitative estimate of drug-likeness (QED) is 0.261. The van der Waals surface area contributed by atoms with E-state index in [2.05, 4.69) is 0 Å². The van der Waals surface area contributed by atoms with Crippen LogP contribution >= 0.6 is 0 Å². The zero-order valence-electron chi connectivity index (χ0n) is 14.5. The average Bonchev–Trinajstić information content (AvgIpc) is 2.62. The highest BCUT2D eigenvalue weighted by Gasteiger charge is 2.42. The fourth-order valence-corrected chi connectivity index (χ4v) is 1.32. The van der Waals surface area contributed by atoms with Crippen molar-refractivity contribution in [3.05, 3.63) is 0 Å². The highest BCUT2D eigenvalue weighted by molar-refractivity contribution is 5.80. The summed E-state index contributed by atoms with van der Waals surface area (Å²) < 4.78 is 9.71. The van der Waals surface area contributed by atoms with Crippen molar-refractivity contribution < 1.29 is 49.4 Å². The Bertz CT molecular complexity index is 445. The maximum atomic E-state index is 11.9. The Kier molecular flexibility index (Phi) is 8.45. The van der Waals surface area contributed by atoms with E-state index in [1.807, 2.05) is 0 Å². The number of ether oxygens (including phenoxy) is 2. The number of esters is 2. The largest absolute Gasteiger partial charge is 0.481 e. The van der Waals surface area contributed by atoms with Gasteiger partial charge in [0.25, 0.3) is 0 Å². The Labute approximate surface area is 145 Å². The molecule has 0 amide bonds. The zero-order chi connectivity index (χ0) is 19.9. The minimum Gasteiger partial charge on any atom is -0.481 e. The van der Waals surface area contributed by atoms with Crippen LogP contribution in [-0.2, 0) is 23.9 Å². The SMILES string of the molecule is CC(COC(=O)C(C)(CO)CO)(COC(=O)C(C)(CO)CO)C(=O)O. The summed E-state index contributed by atoms with van der Waals surface area (Å²) in [7, 11) is 0. The Morgan fingerprint density at radius 1 is 0.680 bits per heavy atom. The second-order valence-corrected chi connectivity index (χ2v) is 6.77. The van der Waals surface area contributed by atoms with Crippen LogP contribution < -0.4 is 0 Å². The zero-order valence-corrected chi connectivity index (χ0v) is 14.5. The van der Waals surface area contributed by atoms with E-state index in [1.165, 1.54) is 20.8 Å². The number of carbonyl (C=O) groups excluding carboxylic acids is 2. The van der Waals surface area contributed by atoms with Crippen molar-refractivity contribution in [1.29, 1.82) is 0 Å². The number of rotatable bonds is 11. The molecular weight excluding hydrogens is 340 g/mol. The smallest absolute Gasteiger partial charge is 0.316 e. The van der Waals surface area contributed by atoms with Gasteiger partial charge in [-0.05, 0) is 20.8 Å². The van der Waals surface area contributed by atoms with Crippen LogP contribution in [0.25, 0.3) is 0 Å². The summed E-state index contributed by atoms with van der Waals surface area (Å²) in [5, 5.41) is 45.8. The topological polar surface area (TPSA) is 171 Å². The van der Waals surface area contributed by atoms with Crippen molar-refractivity contribution in [3.8, 4) is 0 Å². The Balaban J connectivity index is 5.01. The van der Waals surface area contributed by atoms with Crippen molar-refractivity contribution in [2.24, 2.45) is 16.2 Å². The molecule has 0 saturated carbocycles. The number of aliphatic carboxylic acids is 1. The maximum Gasteiger partial charge on any atom is 0.316 e. The fraction of sp³-hybridized carbons (Fsp3) is 0.800. The number of carboxylic acids is 1. The summed E-state index contributed by atoms with van der Waals surface area (Å²) in [4.78, 5) is 35.2. The monoisotopic (exact) mass is 366 g/mol. The van der Waals surface area contributed by atoms with Crippen LogP contribution in [0.15, 0.2) is 0 Å². The van der Waals surface area contributed by atoms with E-state index in [0.717, 1.165) is 0 Å². The van der Waals surface area contributed by atoms with Crippen molar-refractivity contribution >= 4 is 17.9 Å². The van der Waals surface area contributed by atoms with Gasteiger partial charge in [0, 0.05) is 0 Å². The molecule has 0 aliphatic heterocycles. The Morgan fingerprint density at radius 2 is 0.960 bits per heavy atom. The molecule has 0 atom stereocenters. The molecule has 0 aliphatic rings. The first kappa shape index (κ1) is 23.2. The summed E-state index contributed by atoms with van der Waals surface area (Å²) in [6.45, 7) is -0.529. The van der Waals surface area contributed by atoms with Crippen LogP contribution in [0, 0.1) is 16.2 Å². The van der Waals surface area contributed by atoms with Gasteiger partial charge < -0.3 is 35.0 Å². The predicted octanol–water partition coefficient (Wildman–Crippen LogP) is -1.85. The van der Waals surface area contributed by atoms with Crippen molar-refractivity contribution in [1.82, 2.24) is 0 Å². The molecule has 10 nitrogen and oxygen atoms in total. The van der Waals surface area contributed by atoms with Gasteiger partial charge >= 0.3 is 17.9 Å². The van der Waals surface area contributed by atoms with E-state index < -0.39 is 73.8 Å². The summed E-state index contributed by atoms with van der Waals surface area (Å²) >= 11 is 0.